The van der Waals surface area contributed by atoms with Gasteiger partial charge in [0, 0.05) is 19.8 Å². The maximum absolute atomic E-state index is 11.7. The van der Waals surface area contributed by atoms with E-state index in [1.807, 2.05) is 0 Å². The molecule has 1 saturated carbocycles. The maximum atomic E-state index is 11.7. The van der Waals surface area contributed by atoms with Crippen molar-refractivity contribution in [3.63, 3.8) is 0 Å². The van der Waals surface area contributed by atoms with Crippen LogP contribution < -0.4 is 5.32 Å². The zero-order chi connectivity index (χ0) is 15.0. The van der Waals surface area contributed by atoms with Crippen LogP contribution in [-0.4, -0.2) is 42.5 Å². The van der Waals surface area contributed by atoms with Gasteiger partial charge in [-0.1, -0.05) is 0 Å². The summed E-state index contributed by atoms with van der Waals surface area (Å²) < 4.78 is 10.5. The topological polar surface area (TPSA) is 84.9 Å². The van der Waals surface area contributed by atoms with E-state index in [-0.39, 0.29) is 12.0 Å². The maximum Gasteiger partial charge on any atom is 0.407 e. The average molecular weight is 285 g/mol. The molecule has 20 heavy (non-hydrogen) atoms. The van der Waals surface area contributed by atoms with Crippen LogP contribution in [0, 0.1) is 10.8 Å². The number of rotatable bonds is 3. The van der Waals surface area contributed by atoms with Crippen molar-refractivity contribution in [1.29, 1.82) is 0 Å². The smallest absolute Gasteiger partial charge is 0.407 e. The third-order valence-corrected chi connectivity index (χ3v) is 4.32. The second-order valence-corrected chi connectivity index (χ2v) is 6.81. The SMILES string of the molecule is CC(C)(C)OC(=O)NC[C@]1(C(=O)O)CC12CCOCC2. The van der Waals surface area contributed by atoms with E-state index >= 15 is 0 Å². The molecule has 1 aliphatic heterocycles. The van der Waals surface area contributed by atoms with Crippen molar-refractivity contribution < 1.29 is 24.2 Å². The van der Waals surface area contributed by atoms with Gasteiger partial charge in [0.1, 0.15) is 5.60 Å². The molecular formula is C14H23NO5. The van der Waals surface area contributed by atoms with Crippen LogP contribution in [0.15, 0.2) is 0 Å². The Morgan fingerprint density at radius 1 is 1.30 bits per heavy atom. The molecule has 0 bridgehead atoms. The molecule has 2 fully saturated rings. The third-order valence-electron chi connectivity index (χ3n) is 4.32. The van der Waals surface area contributed by atoms with Gasteiger partial charge in [-0.3, -0.25) is 4.79 Å². The fourth-order valence-electron chi connectivity index (χ4n) is 3.12. The molecule has 1 saturated heterocycles. The number of ether oxygens (including phenoxy) is 2. The average Bonchev–Trinajstić information content (AvgIpc) is 2.94. The van der Waals surface area contributed by atoms with E-state index in [4.69, 9.17) is 9.47 Å². The van der Waals surface area contributed by atoms with Gasteiger partial charge in [-0.15, -0.1) is 0 Å². The summed E-state index contributed by atoms with van der Waals surface area (Å²) in [5, 5.41) is 12.1. The molecule has 0 aromatic carbocycles. The van der Waals surface area contributed by atoms with E-state index in [1.54, 1.807) is 20.8 Å². The molecule has 0 unspecified atom stereocenters. The van der Waals surface area contributed by atoms with Gasteiger partial charge in [-0.2, -0.15) is 0 Å². The lowest BCUT2D eigenvalue weighted by Gasteiger charge is -2.27. The van der Waals surface area contributed by atoms with Gasteiger partial charge < -0.3 is 19.9 Å². The van der Waals surface area contributed by atoms with Crippen LogP contribution in [0.25, 0.3) is 0 Å². The summed E-state index contributed by atoms with van der Waals surface area (Å²) in [7, 11) is 0. The first kappa shape index (κ1) is 15.1. The predicted molar refractivity (Wildman–Crippen MR) is 71.4 cm³/mol. The number of carbonyl (C=O) groups excluding carboxylic acids is 1. The summed E-state index contributed by atoms with van der Waals surface area (Å²) in [5.74, 6) is -0.838. The summed E-state index contributed by atoms with van der Waals surface area (Å²) in [5.41, 5.74) is -1.65. The van der Waals surface area contributed by atoms with Crippen LogP contribution in [0.1, 0.15) is 40.0 Å². The van der Waals surface area contributed by atoms with Crippen LogP contribution in [0.5, 0.6) is 0 Å². The van der Waals surface area contributed by atoms with Crippen molar-refractivity contribution in [3.8, 4) is 0 Å². The molecule has 0 aromatic heterocycles. The Hall–Kier alpha value is -1.30. The first-order valence-corrected chi connectivity index (χ1v) is 6.99. The molecule has 1 aliphatic carbocycles. The molecule has 1 spiro atoms. The Balaban J connectivity index is 1.95. The number of carbonyl (C=O) groups is 2. The second kappa shape index (κ2) is 4.91. The summed E-state index contributed by atoms with van der Waals surface area (Å²) in [4.78, 5) is 23.3. The van der Waals surface area contributed by atoms with Crippen molar-refractivity contribution in [3.05, 3.63) is 0 Å². The summed E-state index contributed by atoms with van der Waals surface area (Å²) in [6.07, 6.45) is 1.53. The minimum Gasteiger partial charge on any atom is -0.481 e. The van der Waals surface area contributed by atoms with Gasteiger partial charge in [0.15, 0.2) is 0 Å². The highest BCUT2D eigenvalue weighted by Crippen LogP contribution is 2.68. The molecular weight excluding hydrogens is 262 g/mol. The second-order valence-electron chi connectivity index (χ2n) is 6.81. The normalized spacial score (nSPS) is 27.9. The fourth-order valence-corrected chi connectivity index (χ4v) is 3.12. The van der Waals surface area contributed by atoms with E-state index in [1.165, 1.54) is 0 Å². The minimum atomic E-state index is -0.853. The number of hydrogen-bond donors (Lipinski definition) is 2. The van der Waals surface area contributed by atoms with Crippen LogP contribution in [0.3, 0.4) is 0 Å². The van der Waals surface area contributed by atoms with Crippen molar-refractivity contribution >= 4 is 12.1 Å². The minimum absolute atomic E-state index is 0.122. The molecule has 6 heteroatoms. The van der Waals surface area contributed by atoms with E-state index in [9.17, 15) is 14.7 Å². The lowest BCUT2D eigenvalue weighted by atomic mass is 9.86. The van der Waals surface area contributed by atoms with Crippen molar-refractivity contribution in [2.75, 3.05) is 19.8 Å². The van der Waals surface area contributed by atoms with Crippen molar-refractivity contribution in [2.45, 2.75) is 45.6 Å². The molecule has 1 heterocycles. The van der Waals surface area contributed by atoms with Gasteiger partial charge in [0.05, 0.1) is 5.41 Å². The molecule has 2 N–H and O–H groups in total. The Labute approximate surface area is 118 Å². The van der Waals surface area contributed by atoms with Gasteiger partial charge >= 0.3 is 12.1 Å². The Morgan fingerprint density at radius 2 is 1.90 bits per heavy atom. The van der Waals surface area contributed by atoms with E-state index in [0.29, 0.717) is 19.6 Å². The number of amides is 1. The quantitative estimate of drug-likeness (QED) is 0.825. The number of nitrogens with one attached hydrogen (secondary N) is 1. The molecule has 1 amide bonds. The summed E-state index contributed by atoms with van der Waals surface area (Å²) in [6, 6.07) is 0. The number of carboxylic acid groups (broad SMARTS) is 1. The van der Waals surface area contributed by atoms with E-state index in [2.05, 4.69) is 5.32 Å². The molecule has 2 aliphatic rings. The van der Waals surface area contributed by atoms with Crippen LogP contribution in [0.4, 0.5) is 4.79 Å². The van der Waals surface area contributed by atoms with Gasteiger partial charge in [0.2, 0.25) is 0 Å². The van der Waals surface area contributed by atoms with Gasteiger partial charge in [-0.25, -0.2) is 4.79 Å². The number of aliphatic carboxylic acids is 1. The first-order valence-electron chi connectivity index (χ1n) is 6.99. The largest absolute Gasteiger partial charge is 0.481 e. The van der Waals surface area contributed by atoms with Crippen LogP contribution >= 0.6 is 0 Å². The zero-order valence-corrected chi connectivity index (χ0v) is 12.3. The monoisotopic (exact) mass is 285 g/mol. The molecule has 0 aromatic rings. The number of hydrogen-bond acceptors (Lipinski definition) is 4. The first-order chi connectivity index (χ1) is 9.21. The Kier molecular flexibility index (Phi) is 3.71. The van der Waals surface area contributed by atoms with Gasteiger partial charge in [-0.05, 0) is 45.4 Å². The lowest BCUT2D eigenvalue weighted by molar-refractivity contribution is -0.145. The highest BCUT2D eigenvalue weighted by Gasteiger charge is 2.71. The van der Waals surface area contributed by atoms with Crippen LogP contribution in [-0.2, 0) is 14.3 Å². The highest BCUT2D eigenvalue weighted by atomic mass is 16.6. The third kappa shape index (κ3) is 2.75. The number of alkyl carbamates (subject to hydrolysis) is 1. The van der Waals surface area contributed by atoms with Crippen molar-refractivity contribution in [1.82, 2.24) is 5.32 Å². The lowest BCUT2D eigenvalue weighted by Crippen LogP contribution is -2.41. The number of carboxylic acids is 1. The molecule has 2 rings (SSSR count). The zero-order valence-electron chi connectivity index (χ0n) is 12.3. The molecule has 6 nitrogen and oxygen atoms in total. The summed E-state index contributed by atoms with van der Waals surface area (Å²) >= 11 is 0. The standard InChI is InChI=1S/C14H23NO5/c1-12(2,3)20-11(18)15-9-14(10(16)17)8-13(14)4-6-19-7-5-13/h4-9H2,1-3H3,(H,15,18)(H,16,17)/t14-/m0/s1. The Morgan fingerprint density at radius 3 is 2.40 bits per heavy atom. The fraction of sp³-hybridized carbons (Fsp3) is 0.857. The van der Waals surface area contributed by atoms with Crippen molar-refractivity contribution in [2.24, 2.45) is 10.8 Å². The van der Waals surface area contributed by atoms with E-state index < -0.39 is 23.1 Å². The highest BCUT2D eigenvalue weighted by molar-refractivity contribution is 5.81. The summed E-state index contributed by atoms with van der Waals surface area (Å²) in [6.45, 7) is 6.64. The molecule has 1 atom stereocenters. The van der Waals surface area contributed by atoms with E-state index in [0.717, 1.165) is 12.8 Å². The van der Waals surface area contributed by atoms with Gasteiger partial charge in [0.25, 0.3) is 0 Å². The Bertz CT molecular complexity index is 408. The molecule has 0 radical (unpaired) electrons. The van der Waals surface area contributed by atoms with Crippen LogP contribution in [0.2, 0.25) is 0 Å². The predicted octanol–water partition coefficient (Wildman–Crippen LogP) is 1.78. The molecule has 114 valence electrons.